The molecule has 0 radical (unpaired) electrons. The molecule has 106 valence electrons. The quantitative estimate of drug-likeness (QED) is 0.327. The first-order chi connectivity index (χ1) is 10.8. The molecule has 0 saturated carbocycles. The summed E-state index contributed by atoms with van der Waals surface area (Å²) in [6.45, 7) is 0. The first kappa shape index (κ1) is 13.5. The average Bonchev–Trinajstić information content (AvgIpc) is 2.57. The van der Waals surface area contributed by atoms with Gasteiger partial charge in [-0.05, 0) is 29.8 Å². The number of nitrogens with zero attached hydrogens (tertiary/aromatic N) is 1. The first-order valence-corrected chi connectivity index (χ1v) is 8.10. The number of aryl methyl sites for hydroxylation is 1. The predicted molar refractivity (Wildman–Crippen MR) is 95.8 cm³/mol. The summed E-state index contributed by atoms with van der Waals surface area (Å²) in [6.07, 6.45) is 0. The maximum absolute atomic E-state index is 3.52. The highest BCUT2D eigenvalue weighted by Gasteiger charge is 2.17. The Morgan fingerprint density at radius 3 is 1.73 bits per heavy atom. The summed E-state index contributed by atoms with van der Waals surface area (Å²) in [7, 11) is 2.13. The van der Waals surface area contributed by atoms with Crippen LogP contribution in [-0.4, -0.2) is 0 Å². The number of aromatic nitrogens is 1. The van der Waals surface area contributed by atoms with E-state index in [0.717, 1.165) is 4.47 Å². The van der Waals surface area contributed by atoms with Crippen molar-refractivity contribution in [3.8, 4) is 11.1 Å². The third kappa shape index (κ3) is 2.03. The van der Waals surface area contributed by atoms with Gasteiger partial charge in [0.05, 0.1) is 10.8 Å². The van der Waals surface area contributed by atoms with E-state index < -0.39 is 0 Å². The lowest BCUT2D eigenvalue weighted by atomic mass is 9.96. The number of para-hydroxylation sites is 2. The van der Waals surface area contributed by atoms with E-state index in [1.54, 1.807) is 0 Å². The van der Waals surface area contributed by atoms with E-state index in [1.807, 2.05) is 0 Å². The number of fused-ring (bicyclic) bond motifs is 2. The van der Waals surface area contributed by atoms with Gasteiger partial charge in [-0.3, -0.25) is 0 Å². The second-order valence-corrected chi connectivity index (χ2v) is 6.39. The summed E-state index contributed by atoms with van der Waals surface area (Å²) in [5, 5.41) is 2.57. The van der Waals surface area contributed by atoms with Crippen molar-refractivity contribution < 1.29 is 4.57 Å². The Hall–Kier alpha value is -2.19. The fraction of sp³-hybridized carbons (Fsp3) is 0.0500. The molecule has 1 heterocycles. The lowest BCUT2D eigenvalue weighted by Crippen LogP contribution is -2.30. The number of hydrogen-bond acceptors (Lipinski definition) is 0. The summed E-state index contributed by atoms with van der Waals surface area (Å²) < 4.78 is 3.37. The van der Waals surface area contributed by atoms with Gasteiger partial charge < -0.3 is 0 Å². The third-order valence-electron chi connectivity index (χ3n) is 4.20. The van der Waals surface area contributed by atoms with Crippen molar-refractivity contribution in [2.75, 3.05) is 0 Å². The van der Waals surface area contributed by atoms with Crippen molar-refractivity contribution in [2.45, 2.75) is 0 Å². The highest BCUT2D eigenvalue weighted by atomic mass is 79.9. The normalized spacial score (nSPS) is 11.2. The zero-order valence-electron chi connectivity index (χ0n) is 12.3. The molecule has 0 bridgehead atoms. The summed E-state index contributed by atoms with van der Waals surface area (Å²) in [4.78, 5) is 0. The minimum absolute atomic E-state index is 1.10. The monoisotopic (exact) mass is 348 g/mol. The lowest BCUT2D eigenvalue weighted by Gasteiger charge is -2.10. The Morgan fingerprint density at radius 1 is 0.682 bits per heavy atom. The van der Waals surface area contributed by atoms with E-state index in [4.69, 9.17) is 0 Å². The second-order valence-electron chi connectivity index (χ2n) is 5.48. The van der Waals surface area contributed by atoms with E-state index in [1.165, 1.54) is 32.9 Å². The minimum atomic E-state index is 1.10. The molecular formula is C20H15BrN+. The molecule has 2 heteroatoms. The van der Waals surface area contributed by atoms with Crippen LogP contribution in [0.4, 0.5) is 0 Å². The van der Waals surface area contributed by atoms with Crippen LogP contribution in [-0.2, 0) is 7.05 Å². The predicted octanol–water partition coefficient (Wildman–Crippen LogP) is 5.25. The lowest BCUT2D eigenvalue weighted by molar-refractivity contribution is -0.617. The molecule has 0 unspecified atom stereocenters. The fourth-order valence-electron chi connectivity index (χ4n) is 3.16. The number of benzene rings is 3. The van der Waals surface area contributed by atoms with Crippen LogP contribution in [0.5, 0.6) is 0 Å². The van der Waals surface area contributed by atoms with E-state index in [-0.39, 0.29) is 0 Å². The topological polar surface area (TPSA) is 3.88 Å². The first-order valence-electron chi connectivity index (χ1n) is 7.31. The Morgan fingerprint density at radius 2 is 1.18 bits per heavy atom. The molecule has 3 aromatic carbocycles. The van der Waals surface area contributed by atoms with Gasteiger partial charge in [0.1, 0.15) is 7.05 Å². The standard InChI is InChI=1S/C20H15BrN/c1-22-18-8-4-2-6-16(18)20(14-10-12-15(21)13-11-14)17-7-3-5-9-19(17)22/h2-13H,1H3/q+1. The van der Waals surface area contributed by atoms with Crippen LogP contribution in [0, 0.1) is 0 Å². The van der Waals surface area contributed by atoms with Gasteiger partial charge in [0.25, 0.3) is 0 Å². The molecule has 0 aliphatic carbocycles. The van der Waals surface area contributed by atoms with Crippen molar-refractivity contribution in [1.82, 2.24) is 0 Å². The van der Waals surface area contributed by atoms with Gasteiger partial charge in [-0.2, -0.15) is 4.57 Å². The maximum Gasteiger partial charge on any atom is 0.213 e. The number of halogens is 1. The van der Waals surface area contributed by atoms with Crippen molar-refractivity contribution in [2.24, 2.45) is 7.05 Å². The maximum atomic E-state index is 3.52. The van der Waals surface area contributed by atoms with Gasteiger partial charge in [0.2, 0.25) is 11.0 Å². The molecule has 0 saturated heterocycles. The smallest absolute Gasteiger partial charge is 0.194 e. The van der Waals surface area contributed by atoms with Crippen molar-refractivity contribution in [3.63, 3.8) is 0 Å². The highest BCUT2D eigenvalue weighted by Crippen LogP contribution is 2.34. The Kier molecular flexibility index (Phi) is 3.20. The van der Waals surface area contributed by atoms with Gasteiger partial charge in [-0.1, -0.05) is 52.3 Å². The van der Waals surface area contributed by atoms with Crippen LogP contribution >= 0.6 is 15.9 Å². The molecule has 0 aliphatic rings. The molecule has 0 fully saturated rings. The van der Waals surface area contributed by atoms with Crippen LogP contribution in [0.3, 0.4) is 0 Å². The Labute approximate surface area is 138 Å². The van der Waals surface area contributed by atoms with Crippen LogP contribution in [0.1, 0.15) is 0 Å². The molecule has 0 atom stereocenters. The molecule has 0 N–H and O–H groups in total. The number of rotatable bonds is 1. The summed E-state index contributed by atoms with van der Waals surface area (Å²) >= 11 is 3.52. The minimum Gasteiger partial charge on any atom is -0.194 e. The van der Waals surface area contributed by atoms with Crippen molar-refractivity contribution >= 4 is 37.7 Å². The molecule has 1 nitrogen and oxygen atoms in total. The number of pyridine rings is 1. The molecule has 0 spiro atoms. The van der Waals surface area contributed by atoms with Crippen LogP contribution in [0.25, 0.3) is 32.9 Å². The van der Waals surface area contributed by atoms with Crippen LogP contribution < -0.4 is 4.57 Å². The zero-order chi connectivity index (χ0) is 15.1. The van der Waals surface area contributed by atoms with Gasteiger partial charge in [0, 0.05) is 22.2 Å². The van der Waals surface area contributed by atoms with Crippen LogP contribution in [0.2, 0.25) is 0 Å². The Balaban J connectivity index is 2.23. The summed E-state index contributed by atoms with van der Waals surface area (Å²) in [5.41, 5.74) is 5.05. The molecule has 4 aromatic rings. The molecule has 0 aliphatic heterocycles. The highest BCUT2D eigenvalue weighted by molar-refractivity contribution is 9.10. The number of hydrogen-bond donors (Lipinski definition) is 0. The van der Waals surface area contributed by atoms with Crippen LogP contribution in [0.15, 0.2) is 77.3 Å². The third-order valence-corrected chi connectivity index (χ3v) is 4.73. The van der Waals surface area contributed by atoms with Gasteiger partial charge in [-0.25, -0.2) is 0 Å². The molecule has 0 amide bonds. The Bertz CT molecular complexity index is 931. The molecular weight excluding hydrogens is 334 g/mol. The second kappa shape index (κ2) is 5.22. The van der Waals surface area contributed by atoms with Gasteiger partial charge >= 0.3 is 0 Å². The van der Waals surface area contributed by atoms with E-state index >= 15 is 0 Å². The van der Waals surface area contributed by atoms with E-state index in [9.17, 15) is 0 Å². The zero-order valence-corrected chi connectivity index (χ0v) is 13.8. The van der Waals surface area contributed by atoms with Gasteiger partial charge in [0.15, 0.2) is 0 Å². The van der Waals surface area contributed by atoms with E-state index in [0.29, 0.717) is 0 Å². The molecule has 4 rings (SSSR count). The molecule has 1 aromatic heterocycles. The fourth-order valence-corrected chi connectivity index (χ4v) is 3.42. The van der Waals surface area contributed by atoms with E-state index in [2.05, 4.69) is 100 Å². The SMILES string of the molecule is C[n+]1c2ccccc2c(-c2ccc(Br)cc2)c2ccccc21. The molecule has 22 heavy (non-hydrogen) atoms. The average molecular weight is 349 g/mol. The van der Waals surface area contributed by atoms with Crippen molar-refractivity contribution in [1.29, 1.82) is 0 Å². The van der Waals surface area contributed by atoms with Gasteiger partial charge in [-0.15, -0.1) is 0 Å². The largest absolute Gasteiger partial charge is 0.213 e. The van der Waals surface area contributed by atoms with Crippen molar-refractivity contribution in [3.05, 3.63) is 77.3 Å². The summed E-state index contributed by atoms with van der Waals surface area (Å²) in [5.74, 6) is 0. The summed E-state index contributed by atoms with van der Waals surface area (Å²) in [6, 6.07) is 25.8.